The van der Waals surface area contributed by atoms with E-state index in [0.717, 1.165) is 31.7 Å². The average molecular weight is 327 g/mol. The summed E-state index contributed by atoms with van der Waals surface area (Å²) >= 11 is 5.74. The first-order valence-electron chi connectivity index (χ1n) is 7.52. The van der Waals surface area contributed by atoms with E-state index < -0.39 is 5.60 Å². The van der Waals surface area contributed by atoms with Crippen LogP contribution in [0.3, 0.4) is 0 Å². The number of halogens is 1. The Morgan fingerprint density at radius 2 is 2.00 bits per heavy atom. The van der Waals surface area contributed by atoms with Gasteiger partial charge in [-0.15, -0.1) is 5.10 Å². The molecule has 0 radical (unpaired) electrons. The van der Waals surface area contributed by atoms with E-state index in [4.69, 9.17) is 16.3 Å². The average Bonchev–Trinajstić information content (AvgIpc) is 2.65. The lowest BCUT2D eigenvalue weighted by Gasteiger charge is -2.26. The van der Waals surface area contributed by atoms with E-state index in [0.29, 0.717) is 18.2 Å². The molecule has 1 aliphatic heterocycles. The molecule has 6 nitrogen and oxygen atoms in total. The number of aromatic nitrogens is 2. The molecular weight excluding hydrogens is 304 g/mol. The smallest absolute Gasteiger partial charge is 0.410 e. The van der Waals surface area contributed by atoms with Gasteiger partial charge in [-0.1, -0.05) is 11.6 Å². The Labute approximate surface area is 136 Å². The molecule has 0 spiro atoms. The van der Waals surface area contributed by atoms with Crippen LogP contribution in [0.4, 0.5) is 4.79 Å². The summed E-state index contributed by atoms with van der Waals surface area (Å²) in [5, 5.41) is 8.33. The Morgan fingerprint density at radius 1 is 1.23 bits per heavy atom. The first-order valence-corrected chi connectivity index (χ1v) is 7.90. The van der Waals surface area contributed by atoms with E-state index in [-0.39, 0.29) is 6.09 Å². The Morgan fingerprint density at radius 3 is 2.64 bits per heavy atom. The fraction of sp³-hybridized carbons (Fsp3) is 0.667. The van der Waals surface area contributed by atoms with Crippen LogP contribution >= 0.6 is 11.6 Å². The van der Waals surface area contributed by atoms with Gasteiger partial charge in [0.2, 0.25) is 0 Å². The third kappa shape index (κ3) is 5.42. The molecule has 1 aromatic heterocycles. The molecule has 0 aromatic carbocycles. The predicted octanol–water partition coefficient (Wildman–Crippen LogP) is 2.57. The summed E-state index contributed by atoms with van der Waals surface area (Å²) in [6.45, 7) is 9.46. The van der Waals surface area contributed by atoms with Crippen LogP contribution in [-0.2, 0) is 11.3 Å². The van der Waals surface area contributed by atoms with Crippen LogP contribution in [0.1, 0.15) is 32.9 Å². The minimum Gasteiger partial charge on any atom is -0.444 e. The van der Waals surface area contributed by atoms with E-state index >= 15 is 0 Å². The molecule has 1 amide bonds. The standard InChI is InChI=1S/C15H23ClN4O2/c1-15(2,3)22-14(21)20-8-4-7-19(9-10-20)11-12-5-6-13(16)18-17-12/h5-6H,4,7-11H2,1-3H3. The minimum absolute atomic E-state index is 0.236. The van der Waals surface area contributed by atoms with Gasteiger partial charge in [-0.2, -0.15) is 5.10 Å². The van der Waals surface area contributed by atoms with Gasteiger partial charge in [0, 0.05) is 32.7 Å². The van der Waals surface area contributed by atoms with Gasteiger partial charge in [-0.05, 0) is 39.3 Å². The third-order valence-electron chi connectivity index (χ3n) is 3.31. The van der Waals surface area contributed by atoms with Gasteiger partial charge in [0.25, 0.3) is 0 Å². The van der Waals surface area contributed by atoms with Crippen molar-refractivity contribution in [2.45, 2.75) is 39.3 Å². The van der Waals surface area contributed by atoms with Gasteiger partial charge in [0.05, 0.1) is 5.69 Å². The number of ether oxygens (including phenoxy) is 1. The fourth-order valence-electron chi connectivity index (χ4n) is 2.30. The second-order valence-electron chi connectivity index (χ2n) is 6.44. The predicted molar refractivity (Wildman–Crippen MR) is 84.7 cm³/mol. The van der Waals surface area contributed by atoms with Crippen LogP contribution in [-0.4, -0.2) is 57.9 Å². The summed E-state index contributed by atoms with van der Waals surface area (Å²) in [4.78, 5) is 16.2. The molecule has 1 aliphatic rings. The molecule has 2 rings (SSSR count). The topological polar surface area (TPSA) is 58.6 Å². The summed E-state index contributed by atoms with van der Waals surface area (Å²) in [6.07, 6.45) is 0.681. The third-order valence-corrected chi connectivity index (χ3v) is 3.51. The Hall–Kier alpha value is -1.40. The maximum absolute atomic E-state index is 12.1. The second-order valence-corrected chi connectivity index (χ2v) is 6.83. The fourth-order valence-corrected chi connectivity index (χ4v) is 2.40. The molecule has 7 heteroatoms. The van der Waals surface area contributed by atoms with E-state index in [1.165, 1.54) is 0 Å². The van der Waals surface area contributed by atoms with Gasteiger partial charge in [0.1, 0.15) is 5.60 Å². The summed E-state index contributed by atoms with van der Waals surface area (Å²) in [7, 11) is 0. The lowest BCUT2D eigenvalue weighted by molar-refractivity contribution is 0.0257. The molecule has 0 unspecified atom stereocenters. The molecule has 0 N–H and O–H groups in total. The van der Waals surface area contributed by atoms with Crippen molar-refractivity contribution in [2.75, 3.05) is 26.2 Å². The van der Waals surface area contributed by atoms with Crippen LogP contribution in [0.15, 0.2) is 12.1 Å². The maximum atomic E-state index is 12.1. The largest absolute Gasteiger partial charge is 0.444 e. The van der Waals surface area contributed by atoms with Gasteiger partial charge in [0.15, 0.2) is 5.15 Å². The van der Waals surface area contributed by atoms with E-state index in [1.807, 2.05) is 26.8 Å². The number of hydrogen-bond acceptors (Lipinski definition) is 5. The number of nitrogens with zero attached hydrogens (tertiary/aromatic N) is 4. The zero-order valence-electron chi connectivity index (χ0n) is 13.4. The van der Waals surface area contributed by atoms with Crippen molar-refractivity contribution in [1.29, 1.82) is 0 Å². The van der Waals surface area contributed by atoms with Crippen molar-refractivity contribution in [3.63, 3.8) is 0 Å². The molecule has 2 heterocycles. The van der Waals surface area contributed by atoms with E-state index in [1.54, 1.807) is 11.0 Å². The van der Waals surface area contributed by atoms with Crippen LogP contribution in [0.2, 0.25) is 5.15 Å². The molecule has 1 fully saturated rings. The van der Waals surface area contributed by atoms with Crippen molar-refractivity contribution in [3.05, 3.63) is 23.0 Å². The number of carbonyl (C=O) groups is 1. The molecule has 1 saturated heterocycles. The molecule has 0 saturated carbocycles. The first kappa shape index (κ1) is 17.0. The zero-order chi connectivity index (χ0) is 16.2. The summed E-state index contributed by atoms with van der Waals surface area (Å²) in [6, 6.07) is 3.63. The van der Waals surface area contributed by atoms with E-state index in [9.17, 15) is 4.79 Å². The van der Waals surface area contributed by atoms with E-state index in [2.05, 4.69) is 15.1 Å². The van der Waals surface area contributed by atoms with Crippen LogP contribution in [0.25, 0.3) is 0 Å². The quantitative estimate of drug-likeness (QED) is 0.836. The number of carbonyl (C=O) groups excluding carboxylic acids is 1. The number of rotatable bonds is 2. The van der Waals surface area contributed by atoms with Gasteiger partial charge < -0.3 is 9.64 Å². The summed E-state index contributed by atoms with van der Waals surface area (Å²) in [5.74, 6) is 0. The minimum atomic E-state index is -0.456. The molecule has 0 bridgehead atoms. The molecule has 22 heavy (non-hydrogen) atoms. The number of hydrogen-bond donors (Lipinski definition) is 0. The highest BCUT2D eigenvalue weighted by atomic mass is 35.5. The Kier molecular flexibility index (Phi) is 5.58. The van der Waals surface area contributed by atoms with Crippen molar-refractivity contribution in [1.82, 2.24) is 20.0 Å². The lowest BCUT2D eigenvalue weighted by Crippen LogP contribution is -2.39. The normalized spacial score (nSPS) is 17.2. The molecule has 0 aliphatic carbocycles. The van der Waals surface area contributed by atoms with Crippen molar-refractivity contribution >= 4 is 17.7 Å². The first-order chi connectivity index (χ1) is 10.3. The SMILES string of the molecule is CC(C)(C)OC(=O)N1CCCN(Cc2ccc(Cl)nn2)CC1. The van der Waals surface area contributed by atoms with Gasteiger partial charge in [-0.3, -0.25) is 4.90 Å². The lowest BCUT2D eigenvalue weighted by atomic mass is 10.2. The monoisotopic (exact) mass is 326 g/mol. The van der Waals surface area contributed by atoms with Crippen LogP contribution in [0, 0.1) is 0 Å². The van der Waals surface area contributed by atoms with Gasteiger partial charge >= 0.3 is 6.09 Å². The van der Waals surface area contributed by atoms with Crippen LogP contribution < -0.4 is 0 Å². The second kappa shape index (κ2) is 7.24. The summed E-state index contributed by atoms with van der Waals surface area (Å²) in [5.41, 5.74) is 0.428. The molecule has 0 atom stereocenters. The Bertz CT molecular complexity index is 501. The summed E-state index contributed by atoms with van der Waals surface area (Å²) < 4.78 is 5.43. The van der Waals surface area contributed by atoms with Crippen molar-refractivity contribution in [2.24, 2.45) is 0 Å². The highest BCUT2D eigenvalue weighted by Crippen LogP contribution is 2.13. The zero-order valence-corrected chi connectivity index (χ0v) is 14.1. The maximum Gasteiger partial charge on any atom is 0.410 e. The van der Waals surface area contributed by atoms with Crippen LogP contribution in [0.5, 0.6) is 0 Å². The molecule has 122 valence electrons. The highest BCUT2D eigenvalue weighted by Gasteiger charge is 2.24. The molecule has 1 aromatic rings. The molecular formula is C15H23ClN4O2. The Balaban J connectivity index is 1.87. The number of amides is 1. The van der Waals surface area contributed by atoms with Crippen molar-refractivity contribution in [3.8, 4) is 0 Å². The highest BCUT2D eigenvalue weighted by molar-refractivity contribution is 6.29. The van der Waals surface area contributed by atoms with Crippen molar-refractivity contribution < 1.29 is 9.53 Å². The van der Waals surface area contributed by atoms with Gasteiger partial charge in [-0.25, -0.2) is 4.79 Å².